The van der Waals surface area contributed by atoms with E-state index < -0.39 is 0 Å². The van der Waals surface area contributed by atoms with Gasteiger partial charge in [0.2, 0.25) is 0 Å². The van der Waals surface area contributed by atoms with Crippen LogP contribution in [0.15, 0.2) is 30.3 Å². The summed E-state index contributed by atoms with van der Waals surface area (Å²) in [4.78, 5) is 12.9. The molecule has 3 aliphatic rings. The number of esters is 1. The molecule has 0 bridgehead atoms. The molecule has 3 aliphatic carbocycles. The topological polar surface area (TPSA) is 26.3 Å². The van der Waals surface area contributed by atoms with Gasteiger partial charge >= 0.3 is 5.97 Å². The van der Waals surface area contributed by atoms with Crippen molar-refractivity contribution in [3.8, 4) is 0 Å². The van der Waals surface area contributed by atoms with Crippen LogP contribution in [0.3, 0.4) is 0 Å². The Hall–Kier alpha value is -1.31. The van der Waals surface area contributed by atoms with E-state index in [1.54, 1.807) is 0 Å². The van der Waals surface area contributed by atoms with E-state index >= 15 is 0 Å². The summed E-state index contributed by atoms with van der Waals surface area (Å²) in [7, 11) is 0. The Kier molecular flexibility index (Phi) is 5.43. The van der Waals surface area contributed by atoms with E-state index in [4.69, 9.17) is 4.74 Å². The van der Waals surface area contributed by atoms with E-state index in [1.807, 2.05) is 6.07 Å². The minimum Gasteiger partial charge on any atom is -0.462 e. The van der Waals surface area contributed by atoms with Gasteiger partial charge in [0.1, 0.15) is 6.10 Å². The molecular weight excluding hydrogens is 308 g/mol. The predicted molar refractivity (Wildman–Crippen MR) is 100 cm³/mol. The summed E-state index contributed by atoms with van der Waals surface area (Å²) < 4.78 is 6.27. The highest BCUT2D eigenvalue weighted by Crippen LogP contribution is 2.49. The number of rotatable bonds is 5. The van der Waals surface area contributed by atoms with Crippen molar-refractivity contribution >= 4 is 5.97 Å². The zero-order chi connectivity index (χ0) is 17.1. The van der Waals surface area contributed by atoms with Crippen LogP contribution in [0.25, 0.3) is 0 Å². The van der Waals surface area contributed by atoms with Gasteiger partial charge in [-0.2, -0.15) is 0 Å². The van der Waals surface area contributed by atoms with E-state index in [0.717, 1.165) is 6.42 Å². The van der Waals surface area contributed by atoms with Crippen molar-refractivity contribution in [2.45, 2.75) is 82.7 Å². The fourth-order valence-corrected chi connectivity index (χ4v) is 5.25. The van der Waals surface area contributed by atoms with Crippen LogP contribution in [0.5, 0.6) is 0 Å². The molecule has 2 heteroatoms. The van der Waals surface area contributed by atoms with Crippen LogP contribution < -0.4 is 0 Å². The summed E-state index contributed by atoms with van der Waals surface area (Å²) in [6.45, 7) is 0. The smallest absolute Gasteiger partial charge is 0.309 e. The van der Waals surface area contributed by atoms with Crippen molar-refractivity contribution in [2.24, 2.45) is 17.8 Å². The van der Waals surface area contributed by atoms with Crippen LogP contribution in [-0.4, -0.2) is 12.1 Å². The normalized spacial score (nSPS) is 28.0. The minimum absolute atomic E-state index is 0.0926. The SMILES string of the molecule is O=C(OC(C1CCCCC1)C1CCCCC1)[C@@H]1C[C@H]1c1ccccc1. The van der Waals surface area contributed by atoms with E-state index in [-0.39, 0.29) is 18.0 Å². The third-order valence-electron chi connectivity index (χ3n) is 6.80. The molecule has 1 aromatic carbocycles. The highest BCUT2D eigenvalue weighted by Gasteiger charge is 2.47. The molecule has 0 saturated heterocycles. The second-order valence-corrected chi connectivity index (χ2v) is 8.56. The van der Waals surface area contributed by atoms with Crippen LogP contribution >= 0.6 is 0 Å². The molecule has 2 atom stereocenters. The van der Waals surface area contributed by atoms with Gasteiger partial charge in [0.25, 0.3) is 0 Å². The minimum atomic E-state index is 0.0926. The van der Waals surface area contributed by atoms with Gasteiger partial charge in [-0.3, -0.25) is 4.79 Å². The lowest BCUT2D eigenvalue weighted by molar-refractivity contribution is -0.159. The summed E-state index contributed by atoms with van der Waals surface area (Å²) >= 11 is 0. The van der Waals surface area contributed by atoms with E-state index in [1.165, 1.54) is 69.8 Å². The maximum absolute atomic E-state index is 12.9. The van der Waals surface area contributed by atoms with Gasteiger partial charge in [-0.25, -0.2) is 0 Å². The molecule has 0 spiro atoms. The molecule has 3 fully saturated rings. The van der Waals surface area contributed by atoms with Gasteiger partial charge in [0.05, 0.1) is 5.92 Å². The quantitative estimate of drug-likeness (QED) is 0.627. The summed E-state index contributed by atoms with van der Waals surface area (Å²) in [5.74, 6) is 1.84. The molecule has 0 amide bonds. The molecule has 0 N–H and O–H groups in total. The van der Waals surface area contributed by atoms with Crippen LogP contribution in [0.1, 0.15) is 82.1 Å². The maximum atomic E-state index is 12.9. The summed E-state index contributed by atoms with van der Waals surface area (Å²) in [5.41, 5.74) is 1.30. The molecule has 3 saturated carbocycles. The van der Waals surface area contributed by atoms with Gasteiger partial charge in [-0.1, -0.05) is 68.9 Å². The van der Waals surface area contributed by atoms with Crippen molar-refractivity contribution in [1.29, 1.82) is 0 Å². The summed E-state index contributed by atoms with van der Waals surface area (Å²) in [5, 5.41) is 0. The van der Waals surface area contributed by atoms with Crippen LogP contribution in [0.2, 0.25) is 0 Å². The Balaban J connectivity index is 1.40. The highest BCUT2D eigenvalue weighted by molar-refractivity contribution is 5.77. The number of carbonyl (C=O) groups is 1. The third kappa shape index (κ3) is 4.10. The zero-order valence-electron chi connectivity index (χ0n) is 15.4. The molecule has 4 rings (SSSR count). The lowest BCUT2D eigenvalue weighted by atomic mass is 9.75. The molecule has 0 aliphatic heterocycles. The lowest BCUT2D eigenvalue weighted by Gasteiger charge is -2.37. The number of hydrogen-bond acceptors (Lipinski definition) is 2. The number of benzene rings is 1. The largest absolute Gasteiger partial charge is 0.462 e. The average Bonchev–Trinajstić information content (AvgIpc) is 3.49. The molecule has 0 unspecified atom stereocenters. The maximum Gasteiger partial charge on any atom is 0.309 e. The Bertz CT molecular complexity index is 537. The van der Waals surface area contributed by atoms with Crippen LogP contribution in [0.4, 0.5) is 0 Å². The fraction of sp³-hybridized carbons (Fsp3) is 0.696. The molecule has 2 nitrogen and oxygen atoms in total. The number of hydrogen-bond donors (Lipinski definition) is 0. The van der Waals surface area contributed by atoms with E-state index in [0.29, 0.717) is 17.8 Å². The van der Waals surface area contributed by atoms with Gasteiger partial charge in [-0.05, 0) is 55.4 Å². The second-order valence-electron chi connectivity index (χ2n) is 8.56. The van der Waals surface area contributed by atoms with E-state index in [9.17, 15) is 4.79 Å². The predicted octanol–water partition coefficient (Wildman–Crippen LogP) is 5.86. The molecule has 136 valence electrons. The van der Waals surface area contributed by atoms with Gasteiger partial charge in [0, 0.05) is 0 Å². The lowest BCUT2D eigenvalue weighted by Crippen LogP contribution is -2.37. The molecule has 0 radical (unpaired) electrons. The Morgan fingerprint density at radius 1 is 0.840 bits per heavy atom. The first kappa shape index (κ1) is 17.1. The van der Waals surface area contributed by atoms with Crippen LogP contribution in [0, 0.1) is 17.8 Å². The third-order valence-corrected chi connectivity index (χ3v) is 6.80. The molecule has 1 aromatic rings. The average molecular weight is 341 g/mol. The van der Waals surface area contributed by atoms with Crippen LogP contribution in [-0.2, 0) is 9.53 Å². The Morgan fingerprint density at radius 2 is 1.40 bits per heavy atom. The van der Waals surface area contributed by atoms with Crippen molar-refractivity contribution < 1.29 is 9.53 Å². The Labute approximate surface area is 152 Å². The first-order valence-corrected chi connectivity index (χ1v) is 10.6. The van der Waals surface area contributed by atoms with Crippen molar-refractivity contribution in [3.63, 3.8) is 0 Å². The summed E-state index contributed by atoms with van der Waals surface area (Å²) in [6.07, 6.45) is 14.2. The van der Waals surface area contributed by atoms with Crippen molar-refractivity contribution in [2.75, 3.05) is 0 Å². The number of ether oxygens (including phenoxy) is 1. The van der Waals surface area contributed by atoms with Crippen molar-refractivity contribution in [3.05, 3.63) is 35.9 Å². The number of carbonyl (C=O) groups excluding carboxylic acids is 1. The molecule has 0 aromatic heterocycles. The molecule has 0 heterocycles. The van der Waals surface area contributed by atoms with Gasteiger partial charge < -0.3 is 4.74 Å². The van der Waals surface area contributed by atoms with Gasteiger partial charge in [-0.15, -0.1) is 0 Å². The summed E-state index contributed by atoms with van der Waals surface area (Å²) in [6, 6.07) is 10.5. The monoisotopic (exact) mass is 340 g/mol. The first-order valence-electron chi connectivity index (χ1n) is 10.6. The second kappa shape index (κ2) is 7.93. The van der Waals surface area contributed by atoms with E-state index in [2.05, 4.69) is 24.3 Å². The molecule has 25 heavy (non-hydrogen) atoms. The highest BCUT2D eigenvalue weighted by atomic mass is 16.5. The standard InChI is InChI=1S/C23H32O2/c24-23(21-16-20(21)17-10-4-1-5-11-17)25-22(18-12-6-2-7-13-18)19-14-8-3-9-15-19/h1,4-5,10-11,18-22H,2-3,6-9,12-16H2/t20-,21+/m0/s1. The van der Waals surface area contributed by atoms with Gasteiger partial charge in [0.15, 0.2) is 0 Å². The fourth-order valence-electron chi connectivity index (χ4n) is 5.25. The van der Waals surface area contributed by atoms with Crippen molar-refractivity contribution in [1.82, 2.24) is 0 Å². The Morgan fingerprint density at radius 3 is 1.96 bits per heavy atom. The first-order chi connectivity index (χ1) is 12.3. The molecular formula is C23H32O2. The zero-order valence-corrected chi connectivity index (χ0v) is 15.4.